The van der Waals surface area contributed by atoms with Gasteiger partial charge in [0.2, 0.25) is 11.8 Å². The molecule has 2 fully saturated rings. The van der Waals surface area contributed by atoms with Gasteiger partial charge in [-0.25, -0.2) is 0 Å². The summed E-state index contributed by atoms with van der Waals surface area (Å²) in [6.45, 7) is 5.86. The monoisotopic (exact) mass is 313 g/mol. The first-order chi connectivity index (χ1) is 10.7. The summed E-state index contributed by atoms with van der Waals surface area (Å²) in [6.07, 6.45) is 2.05. The van der Waals surface area contributed by atoms with E-state index in [2.05, 4.69) is 15.5 Å². The fraction of sp³-hybridized carbons (Fsp3) is 0.867. The highest BCUT2D eigenvalue weighted by Crippen LogP contribution is 2.46. The molecule has 7 heteroatoms. The van der Waals surface area contributed by atoms with E-state index in [4.69, 9.17) is 9.47 Å². The average Bonchev–Trinajstić information content (AvgIpc) is 3.34. The van der Waals surface area contributed by atoms with Crippen molar-refractivity contribution in [2.45, 2.75) is 19.3 Å². The number of hydrogen-bond donors (Lipinski definition) is 2. The molecule has 2 N–H and O–H groups in total. The summed E-state index contributed by atoms with van der Waals surface area (Å²) in [7, 11) is 1.63. The SMILES string of the molecule is COCCCNC(=O)C1(C(=O)NCCN2CCOCC2)CC1. The summed E-state index contributed by atoms with van der Waals surface area (Å²) >= 11 is 0. The van der Waals surface area contributed by atoms with Gasteiger partial charge in [-0.3, -0.25) is 14.5 Å². The molecule has 1 heterocycles. The Morgan fingerprint density at radius 1 is 1.14 bits per heavy atom. The lowest BCUT2D eigenvalue weighted by Crippen LogP contribution is -2.46. The predicted molar refractivity (Wildman–Crippen MR) is 81.4 cm³/mol. The van der Waals surface area contributed by atoms with Crippen LogP contribution in [-0.4, -0.2) is 76.4 Å². The first-order valence-corrected chi connectivity index (χ1v) is 8.05. The van der Waals surface area contributed by atoms with Gasteiger partial charge in [0.15, 0.2) is 0 Å². The van der Waals surface area contributed by atoms with Crippen LogP contribution in [0.2, 0.25) is 0 Å². The number of amides is 2. The Hall–Kier alpha value is -1.18. The maximum absolute atomic E-state index is 12.3. The van der Waals surface area contributed by atoms with Crippen molar-refractivity contribution in [1.82, 2.24) is 15.5 Å². The van der Waals surface area contributed by atoms with Gasteiger partial charge in [0.05, 0.1) is 13.2 Å². The molecular weight excluding hydrogens is 286 g/mol. The minimum absolute atomic E-state index is 0.134. The largest absolute Gasteiger partial charge is 0.385 e. The van der Waals surface area contributed by atoms with Crippen molar-refractivity contribution in [3.05, 3.63) is 0 Å². The number of methoxy groups -OCH3 is 1. The predicted octanol–water partition coefficient (Wildman–Crippen LogP) is -0.632. The second-order valence-electron chi connectivity index (χ2n) is 5.89. The van der Waals surface area contributed by atoms with E-state index in [1.165, 1.54) is 0 Å². The summed E-state index contributed by atoms with van der Waals surface area (Å²) in [5, 5.41) is 5.74. The van der Waals surface area contributed by atoms with Gasteiger partial charge in [0.1, 0.15) is 5.41 Å². The maximum atomic E-state index is 12.3. The second-order valence-corrected chi connectivity index (χ2v) is 5.89. The van der Waals surface area contributed by atoms with Crippen molar-refractivity contribution in [2.24, 2.45) is 5.41 Å². The van der Waals surface area contributed by atoms with Crippen molar-refractivity contribution < 1.29 is 19.1 Å². The summed E-state index contributed by atoms with van der Waals surface area (Å²) in [5.41, 5.74) is -0.821. The van der Waals surface area contributed by atoms with E-state index >= 15 is 0 Å². The Balaban J connectivity index is 1.65. The number of carbonyl (C=O) groups is 2. The number of morpholine rings is 1. The van der Waals surface area contributed by atoms with Crippen LogP contribution in [-0.2, 0) is 19.1 Å². The van der Waals surface area contributed by atoms with Crippen molar-refractivity contribution in [3.8, 4) is 0 Å². The number of nitrogens with zero attached hydrogens (tertiary/aromatic N) is 1. The first-order valence-electron chi connectivity index (χ1n) is 8.05. The van der Waals surface area contributed by atoms with Gasteiger partial charge in [-0.05, 0) is 19.3 Å². The Kier molecular flexibility index (Phi) is 6.60. The zero-order valence-corrected chi connectivity index (χ0v) is 13.4. The van der Waals surface area contributed by atoms with E-state index in [0.717, 1.165) is 39.3 Å². The fourth-order valence-electron chi connectivity index (χ4n) is 2.59. The van der Waals surface area contributed by atoms with Crippen molar-refractivity contribution >= 4 is 11.8 Å². The number of rotatable bonds is 9. The van der Waals surface area contributed by atoms with Gasteiger partial charge in [-0.2, -0.15) is 0 Å². The molecule has 0 bridgehead atoms. The van der Waals surface area contributed by atoms with E-state index in [1.807, 2.05) is 0 Å². The molecule has 1 saturated carbocycles. The van der Waals surface area contributed by atoms with Crippen LogP contribution in [0.1, 0.15) is 19.3 Å². The van der Waals surface area contributed by atoms with E-state index in [-0.39, 0.29) is 11.8 Å². The minimum atomic E-state index is -0.821. The highest BCUT2D eigenvalue weighted by molar-refractivity contribution is 6.07. The molecule has 1 aliphatic carbocycles. The van der Waals surface area contributed by atoms with E-state index in [9.17, 15) is 9.59 Å². The molecule has 2 amide bonds. The van der Waals surface area contributed by atoms with Crippen LogP contribution in [0.4, 0.5) is 0 Å². The first kappa shape index (κ1) is 17.2. The lowest BCUT2D eigenvalue weighted by molar-refractivity contribution is -0.137. The smallest absolute Gasteiger partial charge is 0.235 e. The molecule has 0 spiro atoms. The van der Waals surface area contributed by atoms with Gasteiger partial charge in [-0.1, -0.05) is 0 Å². The molecule has 0 aromatic rings. The molecule has 1 saturated heterocycles. The number of ether oxygens (including phenoxy) is 2. The third-order valence-electron chi connectivity index (χ3n) is 4.25. The average molecular weight is 313 g/mol. The molecule has 1 aliphatic heterocycles. The zero-order valence-electron chi connectivity index (χ0n) is 13.4. The molecule has 7 nitrogen and oxygen atoms in total. The quantitative estimate of drug-likeness (QED) is 0.437. The summed E-state index contributed by atoms with van der Waals surface area (Å²) in [6, 6.07) is 0. The Bertz CT molecular complexity index is 379. The second kappa shape index (κ2) is 8.45. The van der Waals surface area contributed by atoms with Crippen LogP contribution >= 0.6 is 0 Å². The number of nitrogens with one attached hydrogen (secondary N) is 2. The van der Waals surface area contributed by atoms with Gasteiger partial charge in [0, 0.05) is 46.4 Å². The molecule has 0 aromatic heterocycles. The van der Waals surface area contributed by atoms with Crippen LogP contribution in [0.15, 0.2) is 0 Å². The van der Waals surface area contributed by atoms with Crippen LogP contribution in [0, 0.1) is 5.41 Å². The maximum Gasteiger partial charge on any atom is 0.235 e. The molecule has 0 radical (unpaired) electrons. The van der Waals surface area contributed by atoms with Gasteiger partial charge < -0.3 is 20.1 Å². The highest BCUT2D eigenvalue weighted by atomic mass is 16.5. The van der Waals surface area contributed by atoms with Crippen molar-refractivity contribution in [2.75, 3.05) is 59.7 Å². The van der Waals surface area contributed by atoms with Crippen molar-refractivity contribution in [3.63, 3.8) is 0 Å². The van der Waals surface area contributed by atoms with Crippen LogP contribution < -0.4 is 10.6 Å². The molecule has 0 unspecified atom stereocenters. The van der Waals surface area contributed by atoms with Crippen molar-refractivity contribution in [1.29, 1.82) is 0 Å². The molecule has 126 valence electrons. The molecule has 0 atom stereocenters. The third-order valence-corrected chi connectivity index (χ3v) is 4.25. The lowest BCUT2D eigenvalue weighted by Gasteiger charge is -2.26. The summed E-state index contributed by atoms with van der Waals surface area (Å²) < 4.78 is 10.2. The van der Waals surface area contributed by atoms with Gasteiger partial charge >= 0.3 is 0 Å². The topological polar surface area (TPSA) is 79.9 Å². The van der Waals surface area contributed by atoms with Crippen LogP contribution in [0.25, 0.3) is 0 Å². The van der Waals surface area contributed by atoms with E-state index < -0.39 is 5.41 Å². The number of hydrogen-bond acceptors (Lipinski definition) is 5. The minimum Gasteiger partial charge on any atom is -0.385 e. The molecule has 2 rings (SSSR count). The van der Waals surface area contributed by atoms with E-state index in [0.29, 0.717) is 32.5 Å². The Morgan fingerprint density at radius 2 is 1.77 bits per heavy atom. The normalized spacial score (nSPS) is 20.4. The van der Waals surface area contributed by atoms with E-state index in [1.54, 1.807) is 7.11 Å². The third kappa shape index (κ3) is 4.66. The molecular formula is C15H27N3O4. The van der Waals surface area contributed by atoms with Gasteiger partial charge in [-0.15, -0.1) is 0 Å². The Labute approximate surface area is 131 Å². The number of carbonyl (C=O) groups excluding carboxylic acids is 2. The highest BCUT2D eigenvalue weighted by Gasteiger charge is 2.56. The zero-order chi connectivity index (χ0) is 15.8. The Morgan fingerprint density at radius 3 is 2.36 bits per heavy atom. The lowest BCUT2D eigenvalue weighted by atomic mass is 10.1. The molecule has 2 aliphatic rings. The summed E-state index contributed by atoms with van der Waals surface area (Å²) in [5.74, 6) is -0.280. The molecule has 0 aromatic carbocycles. The summed E-state index contributed by atoms with van der Waals surface area (Å²) in [4.78, 5) is 26.7. The van der Waals surface area contributed by atoms with Crippen LogP contribution in [0.3, 0.4) is 0 Å². The standard InChI is InChI=1S/C15H27N3O4/c1-21-10-2-5-16-13(19)15(3-4-15)14(20)17-6-7-18-8-11-22-12-9-18/h2-12H2,1H3,(H,16,19)(H,17,20). The fourth-order valence-corrected chi connectivity index (χ4v) is 2.59. The van der Waals surface area contributed by atoms with Crippen LogP contribution in [0.5, 0.6) is 0 Å². The molecule has 22 heavy (non-hydrogen) atoms. The van der Waals surface area contributed by atoms with Gasteiger partial charge in [0.25, 0.3) is 0 Å².